The summed E-state index contributed by atoms with van der Waals surface area (Å²) in [5.74, 6) is 0. The molecule has 3 heteroatoms. The van der Waals surface area contributed by atoms with Crippen LogP contribution in [0.4, 0.5) is 0 Å². The van der Waals surface area contributed by atoms with Crippen LogP contribution < -0.4 is 0 Å². The van der Waals surface area contributed by atoms with Gasteiger partial charge in [-0.2, -0.15) is 0 Å². The summed E-state index contributed by atoms with van der Waals surface area (Å²) < 4.78 is 0. The number of nitrogens with zero attached hydrogens (tertiary/aromatic N) is 1. The molecule has 0 aliphatic heterocycles. The first-order valence-corrected chi connectivity index (χ1v) is 4.29. The number of hydrogen-bond acceptors (Lipinski definition) is 3. The summed E-state index contributed by atoms with van der Waals surface area (Å²) in [5.41, 5.74) is 2.56. The van der Waals surface area contributed by atoms with Crippen molar-refractivity contribution in [2.45, 2.75) is 32.6 Å². The fourth-order valence-electron chi connectivity index (χ4n) is 1.36. The molecule has 0 aromatic heterocycles. The molecule has 0 atom stereocenters. The van der Waals surface area contributed by atoms with Gasteiger partial charge >= 0.3 is 0 Å². The fraction of sp³-hybridized carbons (Fsp3) is 0.667. The van der Waals surface area contributed by atoms with Crippen molar-refractivity contribution in [1.29, 1.82) is 0 Å². The van der Waals surface area contributed by atoms with Gasteiger partial charge in [0.1, 0.15) is 0 Å². The second-order valence-corrected chi connectivity index (χ2v) is 2.86. The Balaban J connectivity index is 2.35. The second kappa shape index (κ2) is 4.93. The zero-order chi connectivity index (χ0) is 8.81. The Labute approximate surface area is 72.7 Å². The van der Waals surface area contributed by atoms with Crippen molar-refractivity contribution in [2.75, 3.05) is 6.79 Å². The molecule has 68 valence electrons. The summed E-state index contributed by atoms with van der Waals surface area (Å²) in [6.07, 6.45) is 6.29. The topological polar surface area (TPSA) is 41.8 Å². The second-order valence-electron chi connectivity index (χ2n) is 2.86. The summed E-state index contributed by atoms with van der Waals surface area (Å²) in [4.78, 5) is 4.57. The molecule has 0 aromatic carbocycles. The van der Waals surface area contributed by atoms with E-state index in [1.54, 1.807) is 0 Å². The van der Waals surface area contributed by atoms with E-state index in [1.165, 1.54) is 5.57 Å². The lowest BCUT2D eigenvalue weighted by molar-refractivity contribution is 0.00116. The molecule has 0 aromatic rings. The van der Waals surface area contributed by atoms with Crippen LogP contribution in [-0.4, -0.2) is 17.6 Å². The summed E-state index contributed by atoms with van der Waals surface area (Å²) in [6, 6.07) is 0. The van der Waals surface area contributed by atoms with Crippen LogP contribution in [0.2, 0.25) is 0 Å². The molecule has 1 aliphatic carbocycles. The van der Waals surface area contributed by atoms with Crippen molar-refractivity contribution in [3.05, 3.63) is 11.6 Å². The molecule has 1 fully saturated rings. The molecule has 3 nitrogen and oxygen atoms in total. The van der Waals surface area contributed by atoms with Crippen LogP contribution in [-0.2, 0) is 4.84 Å². The van der Waals surface area contributed by atoms with E-state index in [9.17, 15) is 0 Å². The van der Waals surface area contributed by atoms with Gasteiger partial charge in [0, 0.05) is 0 Å². The lowest BCUT2D eigenvalue weighted by atomic mass is 9.93. The third-order valence-corrected chi connectivity index (χ3v) is 2.13. The quantitative estimate of drug-likeness (QED) is 0.389. The minimum absolute atomic E-state index is 0.319. The van der Waals surface area contributed by atoms with E-state index in [-0.39, 0.29) is 6.79 Å². The monoisotopic (exact) mass is 169 g/mol. The highest BCUT2D eigenvalue weighted by Crippen LogP contribution is 2.20. The summed E-state index contributed by atoms with van der Waals surface area (Å²) in [6.45, 7) is 1.75. The first kappa shape index (κ1) is 9.26. The maximum absolute atomic E-state index is 8.35. The molecule has 0 unspecified atom stereocenters. The minimum atomic E-state index is -0.319. The van der Waals surface area contributed by atoms with Gasteiger partial charge in [0.05, 0.1) is 5.71 Å². The molecule has 1 aliphatic rings. The van der Waals surface area contributed by atoms with Crippen LogP contribution in [0, 0.1) is 0 Å². The van der Waals surface area contributed by atoms with Crippen LogP contribution in [0.1, 0.15) is 32.6 Å². The van der Waals surface area contributed by atoms with E-state index in [2.05, 4.69) is 23.0 Å². The number of oxime groups is 1. The molecule has 1 N–H and O–H groups in total. The van der Waals surface area contributed by atoms with Crippen LogP contribution in [0.25, 0.3) is 0 Å². The highest BCUT2D eigenvalue weighted by molar-refractivity contribution is 5.85. The van der Waals surface area contributed by atoms with Gasteiger partial charge in [-0.25, -0.2) is 0 Å². The molecule has 1 rings (SSSR count). The van der Waals surface area contributed by atoms with E-state index >= 15 is 0 Å². The number of rotatable bonds is 2. The van der Waals surface area contributed by atoms with Crippen molar-refractivity contribution in [2.24, 2.45) is 5.16 Å². The molecule has 1 saturated carbocycles. The van der Waals surface area contributed by atoms with Gasteiger partial charge in [-0.3, -0.25) is 0 Å². The Kier molecular flexibility index (Phi) is 3.80. The maximum atomic E-state index is 8.35. The van der Waals surface area contributed by atoms with E-state index < -0.39 is 0 Å². The average molecular weight is 169 g/mol. The predicted octanol–water partition coefficient (Wildman–Crippen LogP) is 1.83. The average Bonchev–Trinajstić information content (AvgIpc) is 2.15. The highest BCUT2D eigenvalue weighted by atomic mass is 16.7. The van der Waals surface area contributed by atoms with E-state index in [0.717, 1.165) is 31.4 Å². The number of aliphatic hydroxyl groups is 1. The molecular weight excluding hydrogens is 154 g/mol. The number of allylic oxidation sites excluding steroid dienone is 2. The van der Waals surface area contributed by atoms with Crippen LogP contribution in [0.15, 0.2) is 16.8 Å². The predicted molar refractivity (Wildman–Crippen MR) is 47.8 cm³/mol. The summed E-state index contributed by atoms with van der Waals surface area (Å²) in [7, 11) is 0. The molecule has 0 radical (unpaired) electrons. The van der Waals surface area contributed by atoms with Crippen molar-refractivity contribution in [3.63, 3.8) is 0 Å². The van der Waals surface area contributed by atoms with Crippen LogP contribution >= 0.6 is 0 Å². The summed E-state index contributed by atoms with van der Waals surface area (Å²) >= 11 is 0. The van der Waals surface area contributed by atoms with Gasteiger partial charge in [0.2, 0.25) is 6.79 Å². The Morgan fingerprint density at radius 1 is 1.42 bits per heavy atom. The maximum Gasteiger partial charge on any atom is 0.214 e. The minimum Gasteiger partial charge on any atom is -0.367 e. The largest absolute Gasteiger partial charge is 0.367 e. The fourth-order valence-corrected chi connectivity index (χ4v) is 1.36. The normalized spacial score (nSPS) is 17.5. The first-order chi connectivity index (χ1) is 5.86. The Morgan fingerprint density at radius 2 is 2.08 bits per heavy atom. The molecule has 0 bridgehead atoms. The smallest absolute Gasteiger partial charge is 0.214 e. The first-order valence-electron chi connectivity index (χ1n) is 4.29. The van der Waals surface area contributed by atoms with Crippen molar-refractivity contribution >= 4 is 5.71 Å². The molecule has 0 heterocycles. The van der Waals surface area contributed by atoms with E-state index in [1.807, 2.05) is 0 Å². The lowest BCUT2D eigenvalue weighted by Gasteiger charge is -2.14. The molecule has 0 saturated heterocycles. The Morgan fingerprint density at radius 3 is 2.58 bits per heavy atom. The Bertz CT molecular complexity index is 185. The molecular formula is C9H15NO2. The summed E-state index contributed by atoms with van der Waals surface area (Å²) in [5, 5.41) is 12.2. The van der Waals surface area contributed by atoms with Gasteiger partial charge in [-0.05, 0) is 32.6 Å². The third kappa shape index (κ3) is 2.66. The zero-order valence-electron chi connectivity index (χ0n) is 7.42. The molecule has 0 amide bonds. The number of aliphatic hydroxyl groups excluding tert-OH is 1. The van der Waals surface area contributed by atoms with Gasteiger partial charge in [0.25, 0.3) is 0 Å². The lowest BCUT2D eigenvalue weighted by Crippen LogP contribution is -2.07. The standard InChI is InChI=1S/C9H15NO2/c1-2-8-3-5-9(6-4-8)10-12-7-11/h2,11H,3-7H2,1H3. The van der Waals surface area contributed by atoms with Gasteiger partial charge in [-0.1, -0.05) is 16.8 Å². The van der Waals surface area contributed by atoms with Crippen molar-refractivity contribution < 1.29 is 9.94 Å². The SMILES string of the molecule is CC=C1CCC(=NOCO)CC1. The van der Waals surface area contributed by atoms with Gasteiger partial charge in [-0.15, -0.1) is 0 Å². The van der Waals surface area contributed by atoms with Gasteiger partial charge in [0.15, 0.2) is 0 Å². The third-order valence-electron chi connectivity index (χ3n) is 2.13. The Hall–Kier alpha value is -0.830. The molecule has 0 spiro atoms. The molecule has 12 heavy (non-hydrogen) atoms. The van der Waals surface area contributed by atoms with Crippen LogP contribution in [0.5, 0.6) is 0 Å². The highest BCUT2D eigenvalue weighted by Gasteiger charge is 2.10. The van der Waals surface area contributed by atoms with Crippen molar-refractivity contribution in [1.82, 2.24) is 0 Å². The zero-order valence-corrected chi connectivity index (χ0v) is 7.42. The van der Waals surface area contributed by atoms with Gasteiger partial charge < -0.3 is 9.94 Å². The van der Waals surface area contributed by atoms with E-state index in [4.69, 9.17) is 5.11 Å². The number of hydrogen-bond donors (Lipinski definition) is 1. The van der Waals surface area contributed by atoms with E-state index in [0.29, 0.717) is 0 Å². The van der Waals surface area contributed by atoms with Crippen molar-refractivity contribution in [3.8, 4) is 0 Å². The van der Waals surface area contributed by atoms with Crippen LogP contribution in [0.3, 0.4) is 0 Å².